The second-order valence-corrected chi connectivity index (χ2v) is 6.13. The second-order valence-electron chi connectivity index (χ2n) is 5.18. The van der Waals surface area contributed by atoms with Crippen LogP contribution in [0.4, 0.5) is 0 Å². The largest absolute Gasteiger partial charge is 0.332 e. The van der Waals surface area contributed by atoms with Gasteiger partial charge in [-0.15, -0.1) is 11.3 Å². The SMILES string of the molecule is CC(C)CC(=O)N1CCCC1C(=O)c1cccs1. The summed E-state index contributed by atoms with van der Waals surface area (Å²) < 4.78 is 0. The molecule has 0 aromatic carbocycles. The van der Waals surface area contributed by atoms with Gasteiger partial charge in [-0.05, 0) is 30.2 Å². The highest BCUT2D eigenvalue weighted by Crippen LogP contribution is 2.24. The Morgan fingerprint density at radius 2 is 2.28 bits per heavy atom. The van der Waals surface area contributed by atoms with Gasteiger partial charge in [0.2, 0.25) is 5.91 Å². The van der Waals surface area contributed by atoms with Gasteiger partial charge in [0.1, 0.15) is 0 Å². The Kier molecular flexibility index (Phi) is 4.17. The Labute approximate surface area is 112 Å². The monoisotopic (exact) mass is 265 g/mol. The Hall–Kier alpha value is -1.16. The van der Waals surface area contributed by atoms with Gasteiger partial charge >= 0.3 is 0 Å². The van der Waals surface area contributed by atoms with Gasteiger partial charge in [-0.2, -0.15) is 0 Å². The Morgan fingerprint density at radius 1 is 1.50 bits per heavy atom. The number of carbonyl (C=O) groups excluding carboxylic acids is 2. The molecule has 1 aromatic rings. The maximum absolute atomic E-state index is 12.3. The normalized spacial score (nSPS) is 19.5. The quantitative estimate of drug-likeness (QED) is 0.785. The zero-order chi connectivity index (χ0) is 13.1. The molecule has 1 aliphatic rings. The zero-order valence-electron chi connectivity index (χ0n) is 10.9. The minimum Gasteiger partial charge on any atom is -0.332 e. The lowest BCUT2D eigenvalue weighted by Gasteiger charge is -2.24. The van der Waals surface area contributed by atoms with Crippen molar-refractivity contribution >= 4 is 23.0 Å². The molecule has 0 saturated carbocycles. The number of thiophene rings is 1. The Bertz CT molecular complexity index is 425. The molecular weight excluding hydrogens is 246 g/mol. The lowest BCUT2D eigenvalue weighted by molar-refractivity contribution is -0.132. The fraction of sp³-hybridized carbons (Fsp3) is 0.571. The third-order valence-corrected chi connectivity index (χ3v) is 4.11. The van der Waals surface area contributed by atoms with Gasteiger partial charge in [-0.25, -0.2) is 0 Å². The highest BCUT2D eigenvalue weighted by Gasteiger charge is 2.34. The van der Waals surface area contributed by atoms with Crippen molar-refractivity contribution in [3.05, 3.63) is 22.4 Å². The summed E-state index contributed by atoms with van der Waals surface area (Å²) in [6.45, 7) is 4.79. The minimum atomic E-state index is -0.227. The third-order valence-electron chi connectivity index (χ3n) is 3.22. The summed E-state index contributed by atoms with van der Waals surface area (Å²) in [6.07, 6.45) is 2.28. The van der Waals surface area contributed by atoms with Crippen molar-refractivity contribution in [3.63, 3.8) is 0 Å². The second kappa shape index (κ2) is 5.65. The molecule has 1 amide bonds. The third kappa shape index (κ3) is 2.80. The van der Waals surface area contributed by atoms with Crippen molar-refractivity contribution in [1.82, 2.24) is 4.90 Å². The van der Waals surface area contributed by atoms with Crippen molar-refractivity contribution < 1.29 is 9.59 Å². The number of carbonyl (C=O) groups is 2. The number of amides is 1. The maximum Gasteiger partial charge on any atom is 0.223 e. The molecule has 1 aliphatic heterocycles. The van der Waals surface area contributed by atoms with Gasteiger partial charge in [0.15, 0.2) is 5.78 Å². The number of rotatable bonds is 4. The van der Waals surface area contributed by atoms with E-state index in [2.05, 4.69) is 0 Å². The van der Waals surface area contributed by atoms with E-state index >= 15 is 0 Å². The molecule has 0 aliphatic carbocycles. The molecule has 98 valence electrons. The number of nitrogens with zero attached hydrogens (tertiary/aromatic N) is 1. The standard InChI is InChI=1S/C14H19NO2S/c1-10(2)9-13(16)15-7-3-5-11(15)14(17)12-6-4-8-18-12/h4,6,8,10-11H,3,5,7,9H2,1-2H3. The molecule has 0 radical (unpaired) electrons. The smallest absolute Gasteiger partial charge is 0.223 e. The number of likely N-dealkylation sites (tertiary alicyclic amines) is 1. The molecule has 3 nitrogen and oxygen atoms in total. The number of hydrogen-bond acceptors (Lipinski definition) is 3. The van der Waals surface area contributed by atoms with Crippen LogP contribution in [0.3, 0.4) is 0 Å². The summed E-state index contributed by atoms with van der Waals surface area (Å²) >= 11 is 1.46. The number of ketones is 1. The topological polar surface area (TPSA) is 37.4 Å². The lowest BCUT2D eigenvalue weighted by atomic mass is 10.1. The predicted molar refractivity (Wildman–Crippen MR) is 72.8 cm³/mol. The number of hydrogen-bond donors (Lipinski definition) is 0. The van der Waals surface area contributed by atoms with E-state index in [-0.39, 0.29) is 17.7 Å². The van der Waals surface area contributed by atoms with E-state index in [0.717, 1.165) is 24.3 Å². The van der Waals surface area contributed by atoms with E-state index < -0.39 is 0 Å². The van der Waals surface area contributed by atoms with Crippen LogP contribution in [0.5, 0.6) is 0 Å². The Balaban J connectivity index is 2.08. The zero-order valence-corrected chi connectivity index (χ0v) is 11.7. The van der Waals surface area contributed by atoms with Crippen LogP contribution >= 0.6 is 11.3 Å². The molecule has 1 fully saturated rings. The summed E-state index contributed by atoms with van der Waals surface area (Å²) in [5.41, 5.74) is 0. The molecule has 1 saturated heterocycles. The van der Waals surface area contributed by atoms with E-state index in [4.69, 9.17) is 0 Å². The Morgan fingerprint density at radius 3 is 2.89 bits per heavy atom. The van der Waals surface area contributed by atoms with Crippen LogP contribution in [-0.2, 0) is 4.79 Å². The van der Waals surface area contributed by atoms with Gasteiger partial charge in [-0.3, -0.25) is 9.59 Å². The van der Waals surface area contributed by atoms with Crippen LogP contribution in [0, 0.1) is 5.92 Å². The van der Waals surface area contributed by atoms with Crippen LogP contribution in [-0.4, -0.2) is 29.2 Å². The van der Waals surface area contributed by atoms with Crippen molar-refractivity contribution in [2.45, 2.75) is 39.2 Å². The molecule has 2 rings (SSSR count). The molecule has 1 aromatic heterocycles. The average Bonchev–Trinajstić information content (AvgIpc) is 2.98. The van der Waals surface area contributed by atoms with Gasteiger partial charge < -0.3 is 4.90 Å². The fourth-order valence-corrected chi connectivity index (χ4v) is 3.10. The molecular formula is C14H19NO2S. The van der Waals surface area contributed by atoms with E-state index in [9.17, 15) is 9.59 Å². The summed E-state index contributed by atoms with van der Waals surface area (Å²) in [6, 6.07) is 3.50. The minimum absolute atomic E-state index is 0.111. The van der Waals surface area contributed by atoms with Gasteiger partial charge in [0.25, 0.3) is 0 Å². The van der Waals surface area contributed by atoms with Crippen LogP contribution in [0.25, 0.3) is 0 Å². The van der Waals surface area contributed by atoms with E-state index in [0.29, 0.717) is 12.3 Å². The van der Waals surface area contributed by atoms with Crippen molar-refractivity contribution in [2.75, 3.05) is 6.54 Å². The van der Waals surface area contributed by atoms with Gasteiger partial charge in [0.05, 0.1) is 10.9 Å². The maximum atomic E-state index is 12.3. The average molecular weight is 265 g/mol. The lowest BCUT2D eigenvalue weighted by Crippen LogP contribution is -2.40. The van der Waals surface area contributed by atoms with Crippen molar-refractivity contribution in [3.8, 4) is 0 Å². The molecule has 4 heteroatoms. The molecule has 1 atom stereocenters. The molecule has 0 spiro atoms. The first-order chi connectivity index (χ1) is 8.59. The van der Waals surface area contributed by atoms with E-state index in [1.54, 1.807) is 4.90 Å². The van der Waals surface area contributed by atoms with Crippen LogP contribution < -0.4 is 0 Å². The summed E-state index contributed by atoms with van der Waals surface area (Å²) in [7, 11) is 0. The van der Waals surface area contributed by atoms with Gasteiger partial charge in [0, 0.05) is 13.0 Å². The predicted octanol–water partition coefficient (Wildman–Crippen LogP) is 2.97. The van der Waals surface area contributed by atoms with Gasteiger partial charge in [-0.1, -0.05) is 19.9 Å². The molecule has 1 unspecified atom stereocenters. The molecule has 0 bridgehead atoms. The van der Waals surface area contributed by atoms with E-state index in [1.165, 1.54) is 11.3 Å². The van der Waals surface area contributed by atoms with Crippen LogP contribution in [0.1, 0.15) is 42.8 Å². The fourth-order valence-electron chi connectivity index (χ4n) is 2.39. The first-order valence-corrected chi connectivity index (χ1v) is 7.34. The molecule has 0 N–H and O–H groups in total. The number of Topliss-reactive ketones (excluding diaryl/α,β-unsaturated/α-hetero) is 1. The van der Waals surface area contributed by atoms with E-state index in [1.807, 2.05) is 31.4 Å². The highest BCUT2D eigenvalue weighted by molar-refractivity contribution is 7.12. The highest BCUT2D eigenvalue weighted by atomic mass is 32.1. The first kappa shape index (κ1) is 13.3. The van der Waals surface area contributed by atoms with Crippen LogP contribution in [0.2, 0.25) is 0 Å². The summed E-state index contributed by atoms with van der Waals surface area (Å²) in [5.74, 6) is 0.576. The molecule has 18 heavy (non-hydrogen) atoms. The van der Waals surface area contributed by atoms with Crippen molar-refractivity contribution in [1.29, 1.82) is 0 Å². The summed E-state index contributed by atoms with van der Waals surface area (Å²) in [4.78, 5) is 27.0. The summed E-state index contributed by atoms with van der Waals surface area (Å²) in [5, 5.41) is 1.91. The molecule has 2 heterocycles. The van der Waals surface area contributed by atoms with Crippen molar-refractivity contribution in [2.24, 2.45) is 5.92 Å². The first-order valence-electron chi connectivity index (χ1n) is 6.46. The van der Waals surface area contributed by atoms with Crippen LogP contribution in [0.15, 0.2) is 17.5 Å².